The zero-order valence-corrected chi connectivity index (χ0v) is 11.6. The van der Waals surface area contributed by atoms with Crippen LogP contribution in [0.4, 0.5) is 21.5 Å². The lowest BCUT2D eigenvalue weighted by molar-refractivity contribution is -0.0914. The van der Waals surface area contributed by atoms with Crippen molar-refractivity contribution in [3.05, 3.63) is 50.5 Å². The summed E-state index contributed by atoms with van der Waals surface area (Å²) >= 11 is 0. The number of ether oxygens (including phenoxy) is 2. The molecule has 0 aromatic heterocycles. The Labute approximate surface area is 120 Å². The van der Waals surface area contributed by atoms with Crippen LogP contribution >= 0.6 is 0 Å². The van der Waals surface area contributed by atoms with E-state index in [1.165, 1.54) is 38.5 Å². The van der Waals surface area contributed by atoms with Gasteiger partial charge in [0, 0.05) is 19.9 Å². The van der Waals surface area contributed by atoms with Crippen LogP contribution in [-0.2, 0) is 9.47 Å². The number of nitrogens with one attached hydrogen (secondary N) is 2. The van der Waals surface area contributed by atoms with E-state index in [4.69, 9.17) is 9.47 Å². The molecule has 0 unspecified atom stereocenters. The van der Waals surface area contributed by atoms with Crippen molar-refractivity contribution >= 4 is 17.1 Å². The second-order valence-corrected chi connectivity index (χ2v) is 4.32. The highest BCUT2D eigenvalue weighted by molar-refractivity contribution is 5.78. The number of benzene rings is 1. The van der Waals surface area contributed by atoms with Gasteiger partial charge in [0.05, 0.1) is 6.54 Å². The van der Waals surface area contributed by atoms with Crippen LogP contribution < -0.4 is 21.5 Å². The van der Waals surface area contributed by atoms with Crippen LogP contribution in [-0.4, -0.2) is 27.1 Å². The zero-order valence-electron chi connectivity index (χ0n) is 11.6. The standard InChI is InChI=1S/C14H15FN2O4/c1-20-10(21-2)7-16-11-12(14(19)13(11)18)17-9-5-3-8(15)4-6-9/h3-6,10,16-17H,7H2,1-2H3. The number of rotatable bonds is 7. The predicted octanol–water partition coefficient (Wildman–Crippen LogP) is 1.20. The summed E-state index contributed by atoms with van der Waals surface area (Å²) in [5.74, 6) is -0.382. The molecule has 6 nitrogen and oxygen atoms in total. The van der Waals surface area contributed by atoms with E-state index in [0.29, 0.717) is 5.69 Å². The maximum atomic E-state index is 12.8. The smallest absolute Gasteiger partial charge is 0.253 e. The number of hydrogen-bond acceptors (Lipinski definition) is 6. The number of methoxy groups -OCH3 is 2. The Hall–Kier alpha value is -2.25. The first-order valence-corrected chi connectivity index (χ1v) is 6.22. The minimum absolute atomic E-state index is 0.151. The average Bonchev–Trinajstić information content (AvgIpc) is 2.51. The topological polar surface area (TPSA) is 76.7 Å². The first kappa shape index (κ1) is 15.1. The molecule has 2 rings (SSSR count). The normalized spacial score (nSPS) is 11.0. The Kier molecular flexibility index (Phi) is 4.66. The van der Waals surface area contributed by atoms with Crippen LogP contribution in [0, 0.1) is 5.82 Å². The molecule has 0 fully saturated rings. The molecule has 0 heterocycles. The quantitative estimate of drug-likeness (QED) is 0.590. The maximum Gasteiger partial charge on any atom is 0.253 e. The van der Waals surface area contributed by atoms with Gasteiger partial charge in [-0.15, -0.1) is 0 Å². The Balaban J connectivity index is 2.10. The third-order valence-corrected chi connectivity index (χ3v) is 3.00. The van der Waals surface area contributed by atoms with E-state index in [-0.39, 0.29) is 23.7 Å². The molecule has 7 heteroatoms. The van der Waals surface area contributed by atoms with E-state index in [1.54, 1.807) is 0 Å². The van der Waals surface area contributed by atoms with Gasteiger partial charge in [0.15, 0.2) is 6.29 Å². The molecule has 2 N–H and O–H groups in total. The lowest BCUT2D eigenvalue weighted by atomic mass is 10.1. The highest BCUT2D eigenvalue weighted by Crippen LogP contribution is 2.20. The Morgan fingerprint density at radius 3 is 2.19 bits per heavy atom. The Morgan fingerprint density at radius 2 is 1.62 bits per heavy atom. The fraction of sp³-hybridized carbons (Fsp3) is 0.286. The zero-order chi connectivity index (χ0) is 15.4. The number of halogens is 1. The third-order valence-electron chi connectivity index (χ3n) is 3.00. The molecule has 0 saturated heterocycles. The largest absolute Gasteiger partial charge is 0.375 e. The summed E-state index contributed by atoms with van der Waals surface area (Å²) in [6.45, 7) is 0.218. The molecule has 0 aliphatic carbocycles. The van der Waals surface area contributed by atoms with E-state index in [1.807, 2.05) is 0 Å². The van der Waals surface area contributed by atoms with E-state index in [9.17, 15) is 14.0 Å². The average molecular weight is 294 g/mol. The summed E-state index contributed by atoms with van der Waals surface area (Å²) < 4.78 is 22.8. The van der Waals surface area contributed by atoms with Gasteiger partial charge in [-0.2, -0.15) is 0 Å². The second-order valence-electron chi connectivity index (χ2n) is 4.32. The first-order chi connectivity index (χ1) is 10.1. The van der Waals surface area contributed by atoms with Crippen molar-refractivity contribution in [3.8, 4) is 0 Å². The van der Waals surface area contributed by atoms with E-state index >= 15 is 0 Å². The molecule has 0 saturated carbocycles. The Bertz CT molecular complexity index is 673. The maximum absolute atomic E-state index is 12.8. The molecule has 2 aromatic carbocycles. The molecule has 0 aliphatic rings. The van der Waals surface area contributed by atoms with Gasteiger partial charge < -0.3 is 20.1 Å². The molecule has 0 radical (unpaired) electrons. The van der Waals surface area contributed by atoms with Crippen LogP contribution in [0.3, 0.4) is 0 Å². The van der Waals surface area contributed by atoms with Gasteiger partial charge in [0.2, 0.25) is 0 Å². The van der Waals surface area contributed by atoms with Gasteiger partial charge in [-0.1, -0.05) is 0 Å². The van der Waals surface area contributed by atoms with Gasteiger partial charge in [0.1, 0.15) is 17.2 Å². The van der Waals surface area contributed by atoms with E-state index in [0.717, 1.165) is 0 Å². The van der Waals surface area contributed by atoms with E-state index < -0.39 is 17.1 Å². The summed E-state index contributed by atoms with van der Waals surface area (Å²) in [4.78, 5) is 23.1. The minimum Gasteiger partial charge on any atom is -0.375 e. The number of hydrogen-bond donors (Lipinski definition) is 2. The van der Waals surface area contributed by atoms with Crippen molar-refractivity contribution in [2.45, 2.75) is 6.29 Å². The van der Waals surface area contributed by atoms with Crippen LogP contribution in [0.1, 0.15) is 0 Å². The number of anilines is 3. The van der Waals surface area contributed by atoms with Crippen molar-refractivity contribution in [3.63, 3.8) is 0 Å². The molecule has 0 aliphatic heterocycles. The molecule has 0 atom stereocenters. The van der Waals surface area contributed by atoms with Crippen LogP contribution in [0.25, 0.3) is 0 Å². The van der Waals surface area contributed by atoms with Crippen molar-refractivity contribution in [1.82, 2.24) is 0 Å². The Morgan fingerprint density at radius 1 is 1.05 bits per heavy atom. The van der Waals surface area contributed by atoms with Crippen molar-refractivity contribution < 1.29 is 13.9 Å². The summed E-state index contributed by atoms with van der Waals surface area (Å²) in [5.41, 5.74) is -0.388. The van der Waals surface area contributed by atoms with Gasteiger partial charge in [0.25, 0.3) is 10.9 Å². The molecular weight excluding hydrogens is 279 g/mol. The SMILES string of the molecule is COC(CNc1c(Nc2ccc(F)cc2)c(=O)c1=O)OC. The predicted molar refractivity (Wildman–Crippen MR) is 77.3 cm³/mol. The van der Waals surface area contributed by atoms with E-state index in [2.05, 4.69) is 10.6 Å². The van der Waals surface area contributed by atoms with Crippen LogP contribution in [0.5, 0.6) is 0 Å². The summed E-state index contributed by atoms with van der Waals surface area (Å²) in [6.07, 6.45) is -0.534. The fourth-order valence-corrected chi connectivity index (χ4v) is 1.81. The molecule has 112 valence electrons. The second kappa shape index (κ2) is 6.47. The van der Waals surface area contributed by atoms with Gasteiger partial charge >= 0.3 is 0 Å². The summed E-state index contributed by atoms with van der Waals surface area (Å²) in [5, 5.41) is 5.60. The molecule has 0 amide bonds. The van der Waals surface area contributed by atoms with Crippen LogP contribution in [0.15, 0.2) is 33.9 Å². The molecule has 21 heavy (non-hydrogen) atoms. The first-order valence-electron chi connectivity index (χ1n) is 6.22. The van der Waals surface area contributed by atoms with Gasteiger partial charge in [-0.3, -0.25) is 9.59 Å². The lowest BCUT2D eigenvalue weighted by Crippen LogP contribution is -2.38. The monoisotopic (exact) mass is 294 g/mol. The lowest BCUT2D eigenvalue weighted by Gasteiger charge is -2.18. The molecule has 2 aromatic rings. The highest BCUT2D eigenvalue weighted by Gasteiger charge is 2.21. The molecule has 0 spiro atoms. The summed E-state index contributed by atoms with van der Waals surface area (Å²) in [7, 11) is 2.94. The summed E-state index contributed by atoms with van der Waals surface area (Å²) in [6, 6.07) is 5.46. The molecular formula is C14H15FN2O4. The third kappa shape index (κ3) is 3.26. The highest BCUT2D eigenvalue weighted by atomic mass is 19.1. The van der Waals surface area contributed by atoms with Crippen molar-refractivity contribution in [2.75, 3.05) is 31.4 Å². The fourth-order valence-electron chi connectivity index (χ4n) is 1.81. The van der Waals surface area contributed by atoms with Gasteiger partial charge in [-0.05, 0) is 24.3 Å². The van der Waals surface area contributed by atoms with Crippen LogP contribution in [0.2, 0.25) is 0 Å². The van der Waals surface area contributed by atoms with Gasteiger partial charge in [-0.25, -0.2) is 4.39 Å². The van der Waals surface area contributed by atoms with Crippen molar-refractivity contribution in [1.29, 1.82) is 0 Å². The minimum atomic E-state index is -0.617. The van der Waals surface area contributed by atoms with Crippen molar-refractivity contribution in [2.24, 2.45) is 0 Å². The molecule has 0 bridgehead atoms.